The number of nitrogens with one attached hydrogen (secondary N) is 1. The van der Waals surface area contributed by atoms with Crippen LogP contribution in [0.15, 0.2) is 34.9 Å². The highest BCUT2D eigenvalue weighted by molar-refractivity contribution is 5.39. The number of likely N-dealkylation sites (N-methyl/N-ethyl adjacent to an activating group) is 1. The van der Waals surface area contributed by atoms with Crippen molar-refractivity contribution in [1.82, 2.24) is 15.2 Å². The van der Waals surface area contributed by atoms with Gasteiger partial charge >= 0.3 is 0 Å². The minimum Gasteiger partial charge on any atom is -0.464 e. The lowest BCUT2D eigenvalue weighted by Crippen LogP contribution is -2.29. The first kappa shape index (κ1) is 17.6. The molecular formula is C21H30N4O. The van der Waals surface area contributed by atoms with Gasteiger partial charge in [0.1, 0.15) is 17.3 Å². The maximum absolute atomic E-state index is 5.95. The summed E-state index contributed by atoms with van der Waals surface area (Å²) >= 11 is 0. The van der Waals surface area contributed by atoms with Crippen LogP contribution in [0.3, 0.4) is 0 Å². The zero-order valence-corrected chi connectivity index (χ0v) is 15.9. The third kappa shape index (κ3) is 4.27. The van der Waals surface area contributed by atoms with E-state index in [0.29, 0.717) is 5.92 Å². The van der Waals surface area contributed by atoms with Crippen LogP contribution in [0.25, 0.3) is 0 Å². The summed E-state index contributed by atoms with van der Waals surface area (Å²) in [7, 11) is 2.19. The van der Waals surface area contributed by atoms with Gasteiger partial charge in [-0.15, -0.1) is 0 Å². The molecule has 2 fully saturated rings. The molecule has 2 aliphatic rings. The summed E-state index contributed by atoms with van der Waals surface area (Å²) in [5.74, 6) is 4.72. The van der Waals surface area contributed by atoms with Crippen molar-refractivity contribution in [2.24, 2.45) is 5.92 Å². The van der Waals surface area contributed by atoms with Crippen molar-refractivity contribution in [3.63, 3.8) is 0 Å². The van der Waals surface area contributed by atoms with Gasteiger partial charge in [-0.2, -0.15) is 0 Å². The van der Waals surface area contributed by atoms with E-state index in [0.717, 1.165) is 56.0 Å². The van der Waals surface area contributed by atoms with Gasteiger partial charge in [0, 0.05) is 38.3 Å². The van der Waals surface area contributed by atoms with Crippen molar-refractivity contribution in [3.8, 4) is 0 Å². The highest BCUT2D eigenvalue weighted by atomic mass is 16.3. The van der Waals surface area contributed by atoms with Gasteiger partial charge < -0.3 is 19.5 Å². The van der Waals surface area contributed by atoms with E-state index in [-0.39, 0.29) is 0 Å². The van der Waals surface area contributed by atoms with E-state index < -0.39 is 0 Å². The predicted octanol–water partition coefficient (Wildman–Crippen LogP) is 3.23. The van der Waals surface area contributed by atoms with Gasteiger partial charge in [0.05, 0.1) is 6.54 Å². The van der Waals surface area contributed by atoms with Crippen molar-refractivity contribution in [3.05, 3.63) is 47.5 Å². The third-order valence-corrected chi connectivity index (χ3v) is 5.64. The molecule has 2 atom stereocenters. The van der Waals surface area contributed by atoms with Gasteiger partial charge in [-0.1, -0.05) is 13.0 Å². The number of hydrogen-bond acceptors (Lipinski definition) is 5. The van der Waals surface area contributed by atoms with Crippen LogP contribution in [0.4, 0.5) is 5.82 Å². The van der Waals surface area contributed by atoms with Crippen LogP contribution in [-0.4, -0.2) is 43.1 Å². The second-order valence-corrected chi connectivity index (χ2v) is 7.90. The van der Waals surface area contributed by atoms with E-state index in [1.54, 1.807) is 0 Å². The summed E-state index contributed by atoms with van der Waals surface area (Å²) in [5, 5.41) is 3.46. The van der Waals surface area contributed by atoms with Crippen molar-refractivity contribution in [2.45, 2.75) is 38.8 Å². The molecule has 0 amide bonds. The molecule has 0 spiro atoms. The molecule has 4 rings (SSSR count). The maximum atomic E-state index is 5.95. The van der Waals surface area contributed by atoms with Gasteiger partial charge in [-0.05, 0) is 56.1 Å². The fourth-order valence-corrected chi connectivity index (χ4v) is 3.72. The standard InChI is InChI=1S/C21H30N4O/c1-16-12-19(16)20-6-5-18(26-20)15-22-13-17-4-7-21(23-14-17)25-9-3-8-24(2)10-11-25/h4-7,14,16,19,22H,3,8-13,15H2,1-2H3/t16-,19-/m0/s1. The Bertz CT molecular complexity index is 711. The Kier molecular flexibility index (Phi) is 5.27. The molecule has 2 aromatic heterocycles. The second kappa shape index (κ2) is 7.80. The molecule has 0 bridgehead atoms. The van der Waals surface area contributed by atoms with Gasteiger partial charge in [-0.3, -0.25) is 0 Å². The number of pyridine rings is 1. The lowest BCUT2D eigenvalue weighted by Gasteiger charge is -2.21. The summed E-state index contributed by atoms with van der Waals surface area (Å²) in [6, 6.07) is 8.58. The molecule has 0 aromatic carbocycles. The smallest absolute Gasteiger partial charge is 0.128 e. The van der Waals surface area contributed by atoms with Gasteiger partial charge in [-0.25, -0.2) is 4.98 Å². The molecule has 1 N–H and O–H groups in total. The topological polar surface area (TPSA) is 44.5 Å². The lowest BCUT2D eigenvalue weighted by molar-refractivity contribution is 0.360. The van der Waals surface area contributed by atoms with Crippen molar-refractivity contribution >= 4 is 5.82 Å². The van der Waals surface area contributed by atoms with Gasteiger partial charge in [0.15, 0.2) is 0 Å². The lowest BCUT2D eigenvalue weighted by atomic mass is 10.2. The van der Waals surface area contributed by atoms with E-state index in [1.165, 1.54) is 24.9 Å². The first-order valence-corrected chi connectivity index (χ1v) is 9.87. The number of aromatic nitrogens is 1. The Labute approximate surface area is 156 Å². The second-order valence-electron chi connectivity index (χ2n) is 7.90. The molecule has 2 aromatic rings. The molecule has 1 saturated heterocycles. The molecule has 26 heavy (non-hydrogen) atoms. The molecule has 1 saturated carbocycles. The van der Waals surface area contributed by atoms with Crippen molar-refractivity contribution in [2.75, 3.05) is 38.1 Å². The summed E-state index contributed by atoms with van der Waals surface area (Å²) in [4.78, 5) is 9.47. The van der Waals surface area contributed by atoms with E-state index in [2.05, 4.69) is 58.3 Å². The van der Waals surface area contributed by atoms with Crippen molar-refractivity contribution < 1.29 is 4.42 Å². The largest absolute Gasteiger partial charge is 0.464 e. The molecular weight excluding hydrogens is 324 g/mol. The fourth-order valence-electron chi connectivity index (χ4n) is 3.72. The number of anilines is 1. The molecule has 0 unspecified atom stereocenters. The summed E-state index contributed by atoms with van der Waals surface area (Å²) in [6.07, 6.45) is 4.47. The first-order valence-electron chi connectivity index (χ1n) is 9.87. The molecule has 1 aliphatic carbocycles. The quantitative estimate of drug-likeness (QED) is 0.863. The van der Waals surface area contributed by atoms with Crippen LogP contribution >= 0.6 is 0 Å². The normalized spacial score (nSPS) is 23.8. The molecule has 3 heterocycles. The maximum Gasteiger partial charge on any atom is 0.128 e. The summed E-state index contributed by atoms with van der Waals surface area (Å²) < 4.78 is 5.95. The summed E-state index contributed by atoms with van der Waals surface area (Å²) in [6.45, 7) is 8.29. The Hall–Kier alpha value is -1.85. The Morgan fingerprint density at radius 2 is 2.00 bits per heavy atom. The van der Waals surface area contributed by atoms with Crippen LogP contribution in [0.2, 0.25) is 0 Å². The fraction of sp³-hybridized carbons (Fsp3) is 0.571. The number of rotatable bonds is 6. The van der Waals surface area contributed by atoms with Crippen molar-refractivity contribution in [1.29, 1.82) is 0 Å². The highest BCUT2D eigenvalue weighted by Crippen LogP contribution is 2.47. The van der Waals surface area contributed by atoms with Crippen LogP contribution < -0.4 is 10.2 Å². The average molecular weight is 354 g/mol. The van der Waals surface area contributed by atoms with Crippen LogP contribution in [0.5, 0.6) is 0 Å². The number of furan rings is 1. The molecule has 0 radical (unpaired) electrons. The van der Waals surface area contributed by atoms with E-state index in [1.807, 2.05) is 6.20 Å². The van der Waals surface area contributed by atoms with Crippen LogP contribution in [0, 0.1) is 5.92 Å². The highest BCUT2D eigenvalue weighted by Gasteiger charge is 2.36. The molecule has 5 heteroatoms. The minimum absolute atomic E-state index is 0.652. The molecule has 140 valence electrons. The van der Waals surface area contributed by atoms with E-state index in [4.69, 9.17) is 4.42 Å². The monoisotopic (exact) mass is 354 g/mol. The molecule has 1 aliphatic heterocycles. The van der Waals surface area contributed by atoms with E-state index in [9.17, 15) is 0 Å². The first-order chi connectivity index (χ1) is 12.7. The predicted molar refractivity (Wildman–Crippen MR) is 104 cm³/mol. The number of hydrogen-bond donors (Lipinski definition) is 1. The van der Waals surface area contributed by atoms with E-state index >= 15 is 0 Å². The Morgan fingerprint density at radius 1 is 1.12 bits per heavy atom. The molecule has 5 nitrogen and oxygen atoms in total. The Balaban J connectivity index is 1.25. The SMILES string of the molecule is C[C@H]1C[C@@H]1c1ccc(CNCc2ccc(N3CCCN(C)CC3)nc2)o1. The number of nitrogens with zero attached hydrogens (tertiary/aromatic N) is 3. The van der Waals surface area contributed by atoms with Crippen LogP contribution in [-0.2, 0) is 13.1 Å². The summed E-state index contributed by atoms with van der Waals surface area (Å²) in [5.41, 5.74) is 1.21. The Morgan fingerprint density at radius 3 is 2.77 bits per heavy atom. The third-order valence-electron chi connectivity index (χ3n) is 5.64. The van der Waals surface area contributed by atoms with Crippen LogP contribution in [0.1, 0.15) is 42.8 Å². The zero-order valence-electron chi connectivity index (χ0n) is 15.9. The van der Waals surface area contributed by atoms with Gasteiger partial charge in [0.25, 0.3) is 0 Å². The minimum atomic E-state index is 0.652. The van der Waals surface area contributed by atoms with Gasteiger partial charge in [0.2, 0.25) is 0 Å². The average Bonchev–Trinajstić information content (AvgIpc) is 3.26. The zero-order chi connectivity index (χ0) is 17.9.